The highest BCUT2D eigenvalue weighted by Crippen LogP contribution is 2.16. The number of amidine groups is 1. The largest absolute Gasteiger partial charge is 0.472 e. The summed E-state index contributed by atoms with van der Waals surface area (Å²) >= 11 is 0. The van der Waals surface area contributed by atoms with E-state index in [2.05, 4.69) is 15.0 Å². The highest BCUT2D eigenvalue weighted by Gasteiger charge is 2.17. The van der Waals surface area contributed by atoms with Crippen LogP contribution in [0.3, 0.4) is 0 Å². The molecule has 0 bridgehead atoms. The molecule has 0 radical (unpaired) electrons. The molecule has 8 heteroatoms. The zero-order chi connectivity index (χ0) is 17.7. The van der Waals surface area contributed by atoms with Crippen molar-refractivity contribution in [1.29, 1.82) is 0 Å². The Kier molecular flexibility index (Phi) is 5.18. The van der Waals surface area contributed by atoms with Gasteiger partial charge in [-0.3, -0.25) is 14.5 Å². The minimum absolute atomic E-state index is 0.126. The van der Waals surface area contributed by atoms with Crippen LogP contribution >= 0.6 is 0 Å². The van der Waals surface area contributed by atoms with Gasteiger partial charge in [-0.15, -0.1) is 0 Å². The summed E-state index contributed by atoms with van der Waals surface area (Å²) in [5.74, 6) is 0.185. The first kappa shape index (κ1) is 17.2. The first-order valence-corrected chi connectivity index (χ1v) is 9.53. The van der Waals surface area contributed by atoms with Crippen molar-refractivity contribution in [3.8, 4) is 0 Å². The zero-order valence-corrected chi connectivity index (χ0v) is 14.4. The van der Waals surface area contributed by atoms with Crippen LogP contribution in [-0.2, 0) is 10.0 Å². The Hall–Kier alpha value is -2.61. The summed E-state index contributed by atoms with van der Waals surface area (Å²) in [6, 6.07) is 7.53. The second kappa shape index (κ2) is 7.52. The van der Waals surface area contributed by atoms with Gasteiger partial charge in [-0.2, -0.15) is 0 Å². The molecular formula is C17H19N3O4S. The third-order valence-corrected chi connectivity index (χ3v) is 5.23. The Balaban J connectivity index is 1.68. The van der Waals surface area contributed by atoms with Crippen LogP contribution in [-0.4, -0.2) is 26.7 Å². The number of amides is 1. The van der Waals surface area contributed by atoms with Crippen molar-refractivity contribution in [3.63, 3.8) is 0 Å². The van der Waals surface area contributed by atoms with Crippen molar-refractivity contribution >= 4 is 27.5 Å². The molecule has 0 aliphatic carbocycles. The van der Waals surface area contributed by atoms with Crippen molar-refractivity contribution in [2.75, 3.05) is 11.9 Å². The summed E-state index contributed by atoms with van der Waals surface area (Å²) in [6.45, 7) is 0.650. The van der Waals surface area contributed by atoms with E-state index in [-0.39, 0.29) is 10.8 Å². The first-order valence-electron chi connectivity index (χ1n) is 8.04. The summed E-state index contributed by atoms with van der Waals surface area (Å²) in [5, 5.41) is 2.67. The summed E-state index contributed by atoms with van der Waals surface area (Å²) in [4.78, 5) is 16.3. The molecule has 3 rings (SSSR count). The molecule has 2 aromatic rings. The van der Waals surface area contributed by atoms with Crippen LogP contribution in [0.2, 0.25) is 0 Å². The van der Waals surface area contributed by atoms with Crippen LogP contribution in [0.4, 0.5) is 5.69 Å². The lowest BCUT2D eigenvalue weighted by atomic mass is 10.2. The second-order valence-corrected chi connectivity index (χ2v) is 7.42. The number of hydrogen-bond donors (Lipinski definition) is 2. The fourth-order valence-electron chi connectivity index (χ4n) is 2.49. The van der Waals surface area contributed by atoms with Crippen LogP contribution in [0.15, 0.2) is 57.2 Å². The Morgan fingerprint density at radius 1 is 1.08 bits per heavy atom. The van der Waals surface area contributed by atoms with Gasteiger partial charge in [0.2, 0.25) is 0 Å². The SMILES string of the molecule is O=C(Nc1ccc(S(=O)(=O)NC2=NCCCCC2)cc1)c1ccoc1. The molecule has 25 heavy (non-hydrogen) atoms. The third kappa shape index (κ3) is 4.48. The smallest absolute Gasteiger partial charge is 0.262 e. The van der Waals surface area contributed by atoms with E-state index in [1.54, 1.807) is 18.2 Å². The predicted molar refractivity (Wildman–Crippen MR) is 94.2 cm³/mol. The van der Waals surface area contributed by atoms with Gasteiger partial charge in [0, 0.05) is 18.7 Å². The van der Waals surface area contributed by atoms with E-state index >= 15 is 0 Å². The van der Waals surface area contributed by atoms with Crippen molar-refractivity contribution in [3.05, 3.63) is 48.4 Å². The molecule has 132 valence electrons. The second-order valence-electron chi connectivity index (χ2n) is 5.74. The van der Waals surface area contributed by atoms with E-state index in [1.807, 2.05) is 0 Å². The van der Waals surface area contributed by atoms with E-state index in [0.717, 1.165) is 19.3 Å². The number of aliphatic imine (C=N–C) groups is 1. The molecule has 0 spiro atoms. The molecule has 7 nitrogen and oxygen atoms in total. The normalized spacial score (nSPS) is 15.1. The number of sulfonamides is 1. The molecular weight excluding hydrogens is 342 g/mol. The molecule has 1 aromatic heterocycles. The van der Waals surface area contributed by atoms with E-state index in [9.17, 15) is 13.2 Å². The van der Waals surface area contributed by atoms with Gasteiger partial charge in [0.25, 0.3) is 15.9 Å². The molecule has 1 aliphatic heterocycles. The average Bonchev–Trinajstić information content (AvgIpc) is 3.02. The van der Waals surface area contributed by atoms with E-state index in [0.29, 0.717) is 30.1 Å². The average molecular weight is 361 g/mol. The van der Waals surface area contributed by atoms with Crippen molar-refractivity contribution in [1.82, 2.24) is 4.72 Å². The molecule has 0 fully saturated rings. The number of nitrogens with zero attached hydrogens (tertiary/aromatic N) is 1. The van der Waals surface area contributed by atoms with Gasteiger partial charge in [0.1, 0.15) is 12.1 Å². The maximum absolute atomic E-state index is 12.4. The van der Waals surface area contributed by atoms with Crippen molar-refractivity contribution in [2.24, 2.45) is 4.99 Å². The van der Waals surface area contributed by atoms with Gasteiger partial charge in [-0.05, 0) is 43.2 Å². The van der Waals surface area contributed by atoms with Gasteiger partial charge in [0.15, 0.2) is 0 Å². The molecule has 1 amide bonds. The van der Waals surface area contributed by atoms with Crippen molar-refractivity contribution in [2.45, 2.75) is 30.6 Å². The number of carbonyl (C=O) groups is 1. The summed E-state index contributed by atoms with van der Waals surface area (Å²) in [5.41, 5.74) is 0.890. The lowest BCUT2D eigenvalue weighted by Crippen LogP contribution is -2.30. The number of furan rings is 1. The Morgan fingerprint density at radius 3 is 2.60 bits per heavy atom. The molecule has 0 saturated carbocycles. The number of benzene rings is 1. The van der Waals surface area contributed by atoms with Crippen molar-refractivity contribution < 1.29 is 17.6 Å². The van der Waals surface area contributed by atoms with E-state index in [1.165, 1.54) is 24.7 Å². The number of rotatable bonds is 4. The quantitative estimate of drug-likeness (QED) is 0.874. The topological polar surface area (TPSA) is 101 Å². The van der Waals surface area contributed by atoms with Crippen LogP contribution in [0, 0.1) is 0 Å². The molecule has 1 aliphatic rings. The monoisotopic (exact) mass is 361 g/mol. The molecule has 2 N–H and O–H groups in total. The van der Waals surface area contributed by atoms with Crippen LogP contribution in [0.25, 0.3) is 0 Å². The van der Waals surface area contributed by atoms with E-state index < -0.39 is 10.0 Å². The van der Waals surface area contributed by atoms with Crippen LogP contribution in [0.5, 0.6) is 0 Å². The molecule has 0 saturated heterocycles. The Labute approximate surface area is 146 Å². The molecule has 0 unspecified atom stereocenters. The van der Waals surface area contributed by atoms with Gasteiger partial charge in [0.05, 0.1) is 16.7 Å². The van der Waals surface area contributed by atoms with Gasteiger partial charge >= 0.3 is 0 Å². The number of anilines is 1. The standard InChI is InChI=1S/C17H19N3O4S/c21-17(13-9-11-24-12-13)19-14-5-7-15(8-6-14)25(22,23)20-16-4-2-1-3-10-18-16/h5-9,11-12H,1-4,10H2,(H,18,20)(H,19,21). The summed E-state index contributed by atoms with van der Waals surface area (Å²) < 4.78 is 32.3. The number of carbonyl (C=O) groups excluding carboxylic acids is 1. The number of nitrogens with one attached hydrogen (secondary N) is 2. The Bertz CT molecular complexity index is 856. The fourth-order valence-corrected chi connectivity index (χ4v) is 3.57. The minimum atomic E-state index is -3.67. The highest BCUT2D eigenvalue weighted by atomic mass is 32.2. The predicted octanol–water partition coefficient (Wildman–Crippen LogP) is 2.78. The van der Waals surface area contributed by atoms with E-state index in [4.69, 9.17) is 4.42 Å². The maximum Gasteiger partial charge on any atom is 0.262 e. The lowest BCUT2D eigenvalue weighted by molar-refractivity contribution is 0.102. The lowest BCUT2D eigenvalue weighted by Gasteiger charge is -2.10. The Morgan fingerprint density at radius 2 is 1.88 bits per heavy atom. The molecule has 2 heterocycles. The van der Waals surface area contributed by atoms with Gasteiger partial charge < -0.3 is 9.73 Å². The summed E-state index contributed by atoms with van der Waals surface area (Å²) in [7, 11) is -3.67. The minimum Gasteiger partial charge on any atom is -0.472 e. The first-order chi connectivity index (χ1) is 12.0. The number of hydrogen-bond acceptors (Lipinski definition) is 5. The van der Waals surface area contributed by atoms with Crippen LogP contribution in [0.1, 0.15) is 36.0 Å². The molecule has 0 atom stereocenters. The molecule has 1 aromatic carbocycles. The fraction of sp³-hybridized carbons (Fsp3) is 0.294. The zero-order valence-electron chi connectivity index (χ0n) is 13.6. The van der Waals surface area contributed by atoms with Crippen LogP contribution < -0.4 is 10.0 Å². The van der Waals surface area contributed by atoms with Gasteiger partial charge in [-0.25, -0.2) is 8.42 Å². The third-order valence-electron chi connectivity index (χ3n) is 3.83. The maximum atomic E-state index is 12.4. The van der Waals surface area contributed by atoms with Gasteiger partial charge in [-0.1, -0.05) is 6.42 Å². The summed E-state index contributed by atoms with van der Waals surface area (Å²) in [6.07, 6.45) is 6.35. The highest BCUT2D eigenvalue weighted by molar-refractivity contribution is 7.90.